The van der Waals surface area contributed by atoms with Crippen LogP contribution in [0.25, 0.3) is 10.3 Å². The number of amides is 1. The predicted octanol–water partition coefficient (Wildman–Crippen LogP) is 2.24. The minimum absolute atomic E-state index is 0.110. The van der Waals surface area contributed by atoms with Crippen LogP contribution in [0.15, 0.2) is 48.7 Å². The molecular weight excluding hydrogens is 358 g/mol. The van der Waals surface area contributed by atoms with E-state index in [2.05, 4.69) is 55.4 Å². The van der Waals surface area contributed by atoms with Gasteiger partial charge < -0.3 is 5.32 Å². The Hall–Kier alpha value is -2.35. The van der Waals surface area contributed by atoms with Gasteiger partial charge in [-0.1, -0.05) is 41.7 Å². The van der Waals surface area contributed by atoms with E-state index >= 15 is 0 Å². The number of hydrogen-bond donors (Lipinski definition) is 1. The van der Waals surface area contributed by atoms with Crippen LogP contribution < -0.4 is 5.32 Å². The molecule has 1 saturated heterocycles. The predicted molar refractivity (Wildman–Crippen MR) is 108 cm³/mol. The summed E-state index contributed by atoms with van der Waals surface area (Å²) in [4.78, 5) is 26.6. The molecule has 7 heteroatoms. The Balaban J connectivity index is 1.19. The van der Waals surface area contributed by atoms with Crippen molar-refractivity contribution in [1.82, 2.24) is 25.1 Å². The van der Waals surface area contributed by atoms with Gasteiger partial charge in [-0.25, -0.2) is 9.97 Å². The second-order valence-electron chi connectivity index (χ2n) is 6.71. The van der Waals surface area contributed by atoms with Crippen molar-refractivity contribution in [3.8, 4) is 0 Å². The molecule has 4 rings (SSSR count). The zero-order valence-electron chi connectivity index (χ0n) is 15.2. The number of thiazole rings is 1. The number of benzene rings is 1. The third-order valence-electron chi connectivity index (χ3n) is 4.79. The molecule has 27 heavy (non-hydrogen) atoms. The number of piperazine rings is 1. The molecule has 0 radical (unpaired) electrons. The van der Waals surface area contributed by atoms with Gasteiger partial charge in [0.1, 0.15) is 10.3 Å². The lowest BCUT2D eigenvalue weighted by atomic mass is 10.2. The van der Waals surface area contributed by atoms with E-state index in [1.54, 1.807) is 6.20 Å². The fourth-order valence-corrected chi connectivity index (χ4v) is 4.11. The average molecular weight is 382 g/mol. The highest BCUT2D eigenvalue weighted by molar-refractivity contribution is 7.19. The summed E-state index contributed by atoms with van der Waals surface area (Å²) in [5.74, 6) is -0.110. The Morgan fingerprint density at radius 3 is 2.59 bits per heavy atom. The molecule has 0 unspecified atom stereocenters. The number of nitrogens with one attached hydrogen (secondary N) is 1. The van der Waals surface area contributed by atoms with E-state index in [0.717, 1.165) is 49.6 Å². The Bertz CT molecular complexity index is 857. The highest BCUT2D eigenvalue weighted by Crippen LogP contribution is 2.18. The molecule has 0 bridgehead atoms. The zero-order valence-corrected chi connectivity index (χ0v) is 16.0. The zero-order chi connectivity index (χ0) is 18.5. The maximum absolute atomic E-state index is 12.3. The van der Waals surface area contributed by atoms with Crippen LogP contribution in [0, 0.1) is 0 Å². The van der Waals surface area contributed by atoms with Gasteiger partial charge in [-0.05, 0) is 17.7 Å². The quantitative estimate of drug-likeness (QED) is 0.710. The maximum Gasteiger partial charge on any atom is 0.280 e. The van der Waals surface area contributed by atoms with Crippen LogP contribution >= 0.6 is 11.3 Å². The molecule has 1 aliphatic heterocycles. The summed E-state index contributed by atoms with van der Waals surface area (Å²) in [6.07, 6.45) is 1.72. The summed E-state index contributed by atoms with van der Waals surface area (Å²) in [5.41, 5.74) is 2.14. The number of rotatable bonds is 6. The van der Waals surface area contributed by atoms with Crippen LogP contribution in [0.5, 0.6) is 0 Å². The van der Waals surface area contributed by atoms with Gasteiger partial charge in [0, 0.05) is 52.0 Å². The Morgan fingerprint density at radius 1 is 1.04 bits per heavy atom. The van der Waals surface area contributed by atoms with Crippen molar-refractivity contribution in [2.75, 3.05) is 39.3 Å². The normalized spacial score (nSPS) is 15.9. The van der Waals surface area contributed by atoms with Gasteiger partial charge in [-0.15, -0.1) is 0 Å². The standard InChI is InChI=1S/C20H23N5OS/c26-18(20-23-17-7-4-8-22-19(17)27-20)21-9-10-24-11-13-25(14-12-24)15-16-5-2-1-3-6-16/h1-8H,9-15H2,(H,21,26). The molecule has 140 valence electrons. The SMILES string of the molecule is O=C(NCCN1CCN(Cc2ccccc2)CC1)c1nc2cccnc2s1. The molecule has 3 aromatic rings. The molecule has 1 fully saturated rings. The van der Waals surface area contributed by atoms with Crippen molar-refractivity contribution in [2.24, 2.45) is 0 Å². The largest absolute Gasteiger partial charge is 0.349 e. The van der Waals surface area contributed by atoms with Gasteiger partial charge in [0.2, 0.25) is 0 Å². The molecule has 1 aliphatic rings. The Morgan fingerprint density at radius 2 is 1.81 bits per heavy atom. The van der Waals surface area contributed by atoms with Crippen molar-refractivity contribution in [2.45, 2.75) is 6.54 Å². The summed E-state index contributed by atoms with van der Waals surface area (Å²) >= 11 is 1.34. The summed E-state index contributed by atoms with van der Waals surface area (Å²) < 4.78 is 0. The first kappa shape index (κ1) is 18.0. The Labute approximate surface area is 162 Å². The fourth-order valence-electron chi connectivity index (χ4n) is 3.28. The van der Waals surface area contributed by atoms with Gasteiger partial charge >= 0.3 is 0 Å². The number of fused-ring (bicyclic) bond motifs is 1. The highest BCUT2D eigenvalue weighted by Gasteiger charge is 2.17. The van der Waals surface area contributed by atoms with E-state index in [-0.39, 0.29) is 5.91 Å². The van der Waals surface area contributed by atoms with Crippen molar-refractivity contribution in [3.63, 3.8) is 0 Å². The third-order valence-corrected chi connectivity index (χ3v) is 5.77. The summed E-state index contributed by atoms with van der Waals surface area (Å²) in [5, 5.41) is 3.47. The van der Waals surface area contributed by atoms with Crippen LogP contribution in [-0.2, 0) is 6.54 Å². The van der Waals surface area contributed by atoms with Crippen LogP contribution in [0.3, 0.4) is 0 Å². The molecule has 0 atom stereocenters. The van der Waals surface area contributed by atoms with Gasteiger partial charge in [0.05, 0.1) is 0 Å². The van der Waals surface area contributed by atoms with Gasteiger partial charge in [0.25, 0.3) is 5.91 Å². The lowest BCUT2D eigenvalue weighted by molar-refractivity contribution is 0.0934. The maximum atomic E-state index is 12.3. The number of carbonyl (C=O) groups excluding carboxylic acids is 1. The first-order valence-corrected chi connectivity index (χ1v) is 10.1. The average Bonchev–Trinajstić information content (AvgIpc) is 3.14. The lowest BCUT2D eigenvalue weighted by Gasteiger charge is -2.34. The van der Waals surface area contributed by atoms with E-state index in [0.29, 0.717) is 11.6 Å². The molecule has 0 saturated carbocycles. The molecule has 6 nitrogen and oxygen atoms in total. The van der Waals surface area contributed by atoms with Crippen LogP contribution in [0.1, 0.15) is 15.4 Å². The molecule has 2 aromatic heterocycles. The van der Waals surface area contributed by atoms with Gasteiger partial charge in [0.15, 0.2) is 5.01 Å². The van der Waals surface area contributed by atoms with Crippen LogP contribution in [0.4, 0.5) is 0 Å². The van der Waals surface area contributed by atoms with Crippen LogP contribution in [0.2, 0.25) is 0 Å². The second kappa shape index (κ2) is 8.56. The fraction of sp³-hybridized carbons (Fsp3) is 0.350. The minimum Gasteiger partial charge on any atom is -0.349 e. The van der Waals surface area contributed by atoms with E-state index in [4.69, 9.17) is 0 Å². The van der Waals surface area contributed by atoms with Crippen molar-refractivity contribution < 1.29 is 4.79 Å². The number of pyridine rings is 1. The third kappa shape index (κ3) is 4.68. The Kier molecular flexibility index (Phi) is 5.72. The van der Waals surface area contributed by atoms with E-state index in [1.165, 1.54) is 16.9 Å². The minimum atomic E-state index is -0.110. The summed E-state index contributed by atoms with van der Waals surface area (Å²) in [7, 11) is 0. The van der Waals surface area contributed by atoms with E-state index < -0.39 is 0 Å². The topological polar surface area (TPSA) is 61.4 Å². The number of nitrogens with zero attached hydrogens (tertiary/aromatic N) is 4. The highest BCUT2D eigenvalue weighted by atomic mass is 32.1. The summed E-state index contributed by atoms with van der Waals surface area (Å²) in [6.45, 7) is 6.71. The molecule has 1 N–H and O–H groups in total. The first-order valence-electron chi connectivity index (χ1n) is 9.26. The first-order chi connectivity index (χ1) is 13.3. The monoisotopic (exact) mass is 381 g/mol. The van der Waals surface area contributed by atoms with Gasteiger partial charge in [-0.3, -0.25) is 14.6 Å². The van der Waals surface area contributed by atoms with Crippen LogP contribution in [-0.4, -0.2) is 64.9 Å². The van der Waals surface area contributed by atoms with E-state index in [1.807, 2.05) is 12.1 Å². The second-order valence-corrected chi connectivity index (χ2v) is 7.68. The van der Waals surface area contributed by atoms with Crippen molar-refractivity contribution in [3.05, 3.63) is 59.2 Å². The summed E-state index contributed by atoms with van der Waals surface area (Å²) in [6, 6.07) is 14.3. The molecule has 3 heterocycles. The van der Waals surface area contributed by atoms with Crippen molar-refractivity contribution in [1.29, 1.82) is 0 Å². The molecule has 1 aromatic carbocycles. The molecule has 0 aliphatic carbocycles. The van der Waals surface area contributed by atoms with E-state index in [9.17, 15) is 4.79 Å². The van der Waals surface area contributed by atoms with Crippen molar-refractivity contribution >= 4 is 27.6 Å². The number of hydrogen-bond acceptors (Lipinski definition) is 6. The van der Waals surface area contributed by atoms with Gasteiger partial charge in [-0.2, -0.15) is 0 Å². The number of aromatic nitrogens is 2. The molecule has 1 amide bonds. The lowest BCUT2D eigenvalue weighted by Crippen LogP contribution is -2.48. The molecule has 0 spiro atoms. The number of carbonyl (C=O) groups is 1. The molecular formula is C20H23N5OS. The smallest absolute Gasteiger partial charge is 0.280 e.